The minimum atomic E-state index is 0.603. The second-order valence-corrected chi connectivity index (χ2v) is 3.65. The van der Waals surface area contributed by atoms with E-state index in [0.29, 0.717) is 5.16 Å². The Morgan fingerprint density at radius 2 is 2.43 bits per heavy atom. The van der Waals surface area contributed by atoms with Gasteiger partial charge in [-0.1, -0.05) is 37.1 Å². The smallest absolute Gasteiger partial charge is 0.131 e. The molecule has 0 fully saturated rings. The molecule has 0 atom stereocenters. The summed E-state index contributed by atoms with van der Waals surface area (Å²) in [6.45, 7) is 8.00. The summed E-state index contributed by atoms with van der Waals surface area (Å²) in [5.41, 5.74) is 2.06. The van der Waals surface area contributed by atoms with Crippen molar-refractivity contribution < 1.29 is 0 Å². The van der Waals surface area contributed by atoms with E-state index in [4.69, 9.17) is 11.6 Å². The number of aryl methyl sites for hydroxylation is 1. The van der Waals surface area contributed by atoms with Gasteiger partial charge in [0.2, 0.25) is 0 Å². The Morgan fingerprint density at radius 1 is 1.71 bits per heavy atom. The van der Waals surface area contributed by atoms with E-state index < -0.39 is 0 Å². The summed E-state index contributed by atoms with van der Waals surface area (Å²) in [4.78, 5) is 0. The second-order valence-electron chi connectivity index (χ2n) is 3.26. The zero-order valence-corrected chi connectivity index (χ0v) is 9.38. The molecule has 0 amide bonds. The van der Waals surface area contributed by atoms with Gasteiger partial charge in [0.15, 0.2) is 0 Å². The zero-order chi connectivity index (χ0) is 10.6. The summed E-state index contributed by atoms with van der Waals surface area (Å²) in [5, 5.41) is 4.71. The zero-order valence-electron chi connectivity index (χ0n) is 8.63. The molecule has 14 heavy (non-hydrogen) atoms. The van der Waals surface area contributed by atoms with Gasteiger partial charge in [-0.25, -0.2) is 4.68 Å². The van der Waals surface area contributed by atoms with Gasteiger partial charge in [0.05, 0.1) is 0 Å². The van der Waals surface area contributed by atoms with Gasteiger partial charge in [-0.3, -0.25) is 0 Å². The SMILES string of the molecule is C=C(/C=C(/Cl)n1nccc1C)CCC. The van der Waals surface area contributed by atoms with Crippen LogP contribution >= 0.6 is 11.6 Å². The molecule has 0 aliphatic heterocycles. The lowest BCUT2D eigenvalue weighted by Gasteiger charge is -2.03. The van der Waals surface area contributed by atoms with Crippen LogP contribution in [0, 0.1) is 6.92 Å². The van der Waals surface area contributed by atoms with Crippen molar-refractivity contribution in [1.29, 1.82) is 0 Å². The van der Waals surface area contributed by atoms with Gasteiger partial charge in [0.25, 0.3) is 0 Å². The van der Waals surface area contributed by atoms with Crippen LogP contribution in [0.25, 0.3) is 5.16 Å². The molecular formula is C11H15ClN2. The van der Waals surface area contributed by atoms with Gasteiger partial charge in [0.1, 0.15) is 5.16 Å². The molecule has 1 rings (SSSR count). The highest BCUT2D eigenvalue weighted by Gasteiger charge is 2.00. The Bertz CT molecular complexity index is 350. The quantitative estimate of drug-likeness (QED) is 0.695. The highest BCUT2D eigenvalue weighted by atomic mass is 35.5. The van der Waals surface area contributed by atoms with E-state index in [1.54, 1.807) is 10.9 Å². The van der Waals surface area contributed by atoms with Gasteiger partial charge in [-0.2, -0.15) is 5.10 Å². The van der Waals surface area contributed by atoms with Gasteiger partial charge in [0, 0.05) is 11.9 Å². The van der Waals surface area contributed by atoms with E-state index in [1.807, 2.05) is 19.1 Å². The summed E-state index contributed by atoms with van der Waals surface area (Å²) >= 11 is 6.08. The molecule has 0 saturated heterocycles. The lowest BCUT2D eigenvalue weighted by Crippen LogP contribution is -1.96. The maximum atomic E-state index is 6.08. The normalized spacial score (nSPS) is 11.8. The molecule has 0 unspecified atom stereocenters. The fourth-order valence-corrected chi connectivity index (χ4v) is 1.55. The lowest BCUT2D eigenvalue weighted by molar-refractivity contribution is 0.881. The van der Waals surface area contributed by atoms with Crippen LogP contribution in [0.2, 0.25) is 0 Å². The van der Waals surface area contributed by atoms with Crippen LogP contribution in [0.15, 0.2) is 30.5 Å². The van der Waals surface area contributed by atoms with Crippen LogP contribution in [0.5, 0.6) is 0 Å². The average Bonchev–Trinajstić information content (AvgIpc) is 2.51. The number of nitrogens with zero attached hydrogens (tertiary/aromatic N) is 2. The molecule has 0 aliphatic carbocycles. The van der Waals surface area contributed by atoms with Crippen LogP contribution in [-0.2, 0) is 0 Å². The van der Waals surface area contributed by atoms with Crippen LogP contribution < -0.4 is 0 Å². The van der Waals surface area contributed by atoms with E-state index in [9.17, 15) is 0 Å². The van der Waals surface area contributed by atoms with Crippen molar-refractivity contribution in [2.75, 3.05) is 0 Å². The summed E-state index contributed by atoms with van der Waals surface area (Å²) in [5.74, 6) is 0. The Labute approximate surface area is 89.9 Å². The molecule has 3 heteroatoms. The molecule has 0 radical (unpaired) electrons. The topological polar surface area (TPSA) is 17.8 Å². The molecule has 1 aromatic rings. The van der Waals surface area contributed by atoms with E-state index in [1.165, 1.54) is 0 Å². The van der Waals surface area contributed by atoms with E-state index in [-0.39, 0.29) is 0 Å². The van der Waals surface area contributed by atoms with Gasteiger partial charge < -0.3 is 0 Å². The van der Waals surface area contributed by atoms with Crippen LogP contribution in [-0.4, -0.2) is 9.78 Å². The van der Waals surface area contributed by atoms with Crippen LogP contribution in [0.4, 0.5) is 0 Å². The predicted molar refractivity (Wildman–Crippen MR) is 61.1 cm³/mol. The van der Waals surface area contributed by atoms with Crippen LogP contribution in [0.1, 0.15) is 25.5 Å². The molecular weight excluding hydrogens is 196 g/mol. The molecule has 1 heterocycles. The summed E-state index contributed by atoms with van der Waals surface area (Å²) in [7, 11) is 0. The first-order valence-corrected chi connectivity index (χ1v) is 5.09. The fourth-order valence-electron chi connectivity index (χ4n) is 1.22. The van der Waals surface area contributed by atoms with Crippen molar-refractivity contribution in [2.45, 2.75) is 26.7 Å². The van der Waals surface area contributed by atoms with Crippen molar-refractivity contribution in [1.82, 2.24) is 9.78 Å². The Hall–Kier alpha value is -1.02. The second kappa shape index (κ2) is 5.01. The number of allylic oxidation sites excluding steroid dienone is 2. The molecule has 0 saturated carbocycles. The maximum Gasteiger partial charge on any atom is 0.131 e. The first kappa shape index (κ1) is 11.1. The summed E-state index contributed by atoms with van der Waals surface area (Å²) in [6, 6.07) is 1.92. The number of halogens is 1. The monoisotopic (exact) mass is 210 g/mol. The minimum absolute atomic E-state index is 0.603. The van der Waals surface area contributed by atoms with Crippen LogP contribution in [0.3, 0.4) is 0 Å². The third-order valence-corrected chi connectivity index (χ3v) is 2.20. The standard InChI is InChI=1S/C11H15ClN2/c1-4-5-9(2)8-11(12)14-10(3)6-7-13-14/h6-8H,2,4-5H2,1,3H3/b11-8-. The Kier molecular flexibility index (Phi) is 3.96. The number of aromatic nitrogens is 2. The summed E-state index contributed by atoms with van der Waals surface area (Å²) in [6.07, 6.45) is 5.65. The molecule has 0 spiro atoms. The molecule has 76 valence electrons. The van der Waals surface area contributed by atoms with Crippen molar-refractivity contribution in [3.05, 3.63) is 36.2 Å². The van der Waals surface area contributed by atoms with Crippen molar-refractivity contribution >= 4 is 16.8 Å². The first-order chi connectivity index (χ1) is 6.65. The molecule has 1 aromatic heterocycles. The van der Waals surface area contributed by atoms with Crippen molar-refractivity contribution in [3.63, 3.8) is 0 Å². The van der Waals surface area contributed by atoms with Crippen molar-refractivity contribution in [2.24, 2.45) is 0 Å². The Morgan fingerprint density at radius 3 is 2.93 bits per heavy atom. The predicted octanol–water partition coefficient (Wildman–Crippen LogP) is 3.59. The Balaban J connectivity index is 2.79. The van der Waals surface area contributed by atoms with Gasteiger partial charge in [-0.15, -0.1) is 0 Å². The number of rotatable bonds is 4. The van der Waals surface area contributed by atoms with Gasteiger partial charge >= 0.3 is 0 Å². The third kappa shape index (κ3) is 2.74. The van der Waals surface area contributed by atoms with E-state index in [2.05, 4.69) is 18.6 Å². The first-order valence-electron chi connectivity index (χ1n) is 4.71. The highest BCUT2D eigenvalue weighted by Crippen LogP contribution is 2.16. The fraction of sp³-hybridized carbons (Fsp3) is 0.364. The molecule has 0 bridgehead atoms. The van der Waals surface area contributed by atoms with Crippen molar-refractivity contribution in [3.8, 4) is 0 Å². The minimum Gasteiger partial charge on any atom is -0.227 e. The van der Waals surface area contributed by atoms with Gasteiger partial charge in [-0.05, 0) is 25.5 Å². The average molecular weight is 211 g/mol. The summed E-state index contributed by atoms with van der Waals surface area (Å²) < 4.78 is 1.70. The third-order valence-electron chi connectivity index (χ3n) is 1.93. The molecule has 0 aromatic carbocycles. The molecule has 2 nitrogen and oxygen atoms in total. The molecule has 0 aliphatic rings. The lowest BCUT2D eigenvalue weighted by atomic mass is 10.2. The maximum absolute atomic E-state index is 6.08. The number of hydrogen-bond donors (Lipinski definition) is 0. The largest absolute Gasteiger partial charge is 0.227 e. The highest BCUT2D eigenvalue weighted by molar-refractivity contribution is 6.45. The number of hydrogen-bond acceptors (Lipinski definition) is 1. The van der Waals surface area contributed by atoms with E-state index in [0.717, 1.165) is 24.1 Å². The van der Waals surface area contributed by atoms with E-state index >= 15 is 0 Å². The molecule has 0 N–H and O–H groups in total.